The van der Waals surface area contributed by atoms with Gasteiger partial charge in [-0.25, -0.2) is 0 Å². The van der Waals surface area contributed by atoms with Crippen LogP contribution in [0.25, 0.3) is 0 Å². The second kappa shape index (κ2) is 4.78. The highest BCUT2D eigenvalue weighted by molar-refractivity contribution is 7.99. The Labute approximate surface area is 83.3 Å². The molecule has 66 valence electrons. The Kier molecular flexibility index (Phi) is 3.96. The quantitative estimate of drug-likeness (QED) is 0.528. The monoisotopic (exact) mass is 200 g/mol. The molecule has 0 saturated carbocycles. The van der Waals surface area contributed by atoms with Crippen molar-refractivity contribution in [3.63, 3.8) is 0 Å². The maximum Gasteiger partial charge on any atom is 0.0474 e. The molecule has 0 radical (unpaired) electrons. The molecule has 0 heterocycles. The second-order valence-corrected chi connectivity index (χ2v) is 4.24. The zero-order valence-electron chi connectivity index (χ0n) is 7.43. The van der Waals surface area contributed by atoms with Gasteiger partial charge < -0.3 is 0 Å². The number of thioether (sulfide) groups is 1. The van der Waals surface area contributed by atoms with Crippen molar-refractivity contribution in [2.24, 2.45) is 0 Å². The maximum atomic E-state index is 5.72. The normalized spacial score (nSPS) is 10.2. The van der Waals surface area contributed by atoms with Gasteiger partial charge in [-0.15, -0.1) is 23.4 Å². The highest BCUT2D eigenvalue weighted by Gasteiger charge is 1.98. The van der Waals surface area contributed by atoms with E-state index < -0.39 is 0 Å². The minimum absolute atomic E-state index is 0.609. The summed E-state index contributed by atoms with van der Waals surface area (Å²) in [5.41, 5.74) is 2.54. The predicted molar refractivity (Wildman–Crippen MR) is 57.1 cm³/mol. The number of halogens is 1. The highest BCUT2D eigenvalue weighted by Crippen LogP contribution is 2.23. The molecule has 0 aliphatic carbocycles. The molecule has 0 amide bonds. The van der Waals surface area contributed by atoms with Crippen LogP contribution >= 0.6 is 23.4 Å². The molecule has 1 aromatic rings. The fourth-order valence-corrected chi connectivity index (χ4v) is 2.04. The van der Waals surface area contributed by atoms with Crippen molar-refractivity contribution in [3.05, 3.63) is 29.3 Å². The molecular weight excluding hydrogens is 188 g/mol. The number of alkyl halides is 1. The molecular formula is C10H13ClS. The molecule has 0 fully saturated rings. The van der Waals surface area contributed by atoms with Crippen molar-refractivity contribution in [2.45, 2.75) is 24.6 Å². The van der Waals surface area contributed by atoms with Gasteiger partial charge >= 0.3 is 0 Å². The van der Waals surface area contributed by atoms with E-state index in [0.29, 0.717) is 5.88 Å². The molecule has 0 unspecified atom stereocenters. The fraction of sp³-hybridized carbons (Fsp3) is 0.400. The van der Waals surface area contributed by atoms with Gasteiger partial charge in [0, 0.05) is 10.8 Å². The van der Waals surface area contributed by atoms with Crippen molar-refractivity contribution < 1.29 is 0 Å². The Morgan fingerprint density at radius 1 is 1.42 bits per heavy atom. The Morgan fingerprint density at radius 2 is 2.17 bits per heavy atom. The molecule has 1 aromatic carbocycles. The molecule has 12 heavy (non-hydrogen) atoms. The van der Waals surface area contributed by atoms with Crippen LogP contribution in [-0.2, 0) is 5.88 Å². The van der Waals surface area contributed by atoms with Gasteiger partial charge in [0.05, 0.1) is 0 Å². The van der Waals surface area contributed by atoms with E-state index in [4.69, 9.17) is 11.6 Å². The van der Waals surface area contributed by atoms with Gasteiger partial charge in [-0.2, -0.15) is 0 Å². The average Bonchev–Trinajstić information content (AvgIpc) is 2.09. The molecule has 0 nitrogen and oxygen atoms in total. The predicted octanol–water partition coefficient (Wildman–Crippen LogP) is 3.85. The first-order valence-electron chi connectivity index (χ1n) is 4.06. The van der Waals surface area contributed by atoms with Crippen LogP contribution in [0.1, 0.15) is 18.1 Å². The van der Waals surface area contributed by atoms with Gasteiger partial charge in [0.1, 0.15) is 0 Å². The van der Waals surface area contributed by atoms with E-state index in [0.717, 1.165) is 5.75 Å². The van der Waals surface area contributed by atoms with Gasteiger partial charge in [0.25, 0.3) is 0 Å². The summed E-state index contributed by atoms with van der Waals surface area (Å²) in [4.78, 5) is 1.37. The summed E-state index contributed by atoms with van der Waals surface area (Å²) in [5.74, 6) is 1.74. The summed E-state index contributed by atoms with van der Waals surface area (Å²) in [7, 11) is 0. The first-order valence-corrected chi connectivity index (χ1v) is 5.58. The lowest BCUT2D eigenvalue weighted by Gasteiger charge is -2.04. The molecule has 0 spiro atoms. The lowest BCUT2D eigenvalue weighted by Crippen LogP contribution is -1.83. The zero-order valence-corrected chi connectivity index (χ0v) is 9.00. The Morgan fingerprint density at radius 3 is 2.67 bits per heavy atom. The topological polar surface area (TPSA) is 0 Å². The fourth-order valence-electron chi connectivity index (χ4n) is 1.11. The average molecular weight is 201 g/mol. The van der Waals surface area contributed by atoms with Gasteiger partial charge in [-0.3, -0.25) is 0 Å². The molecule has 0 N–H and O–H groups in total. The second-order valence-electron chi connectivity index (χ2n) is 2.67. The molecule has 0 atom stereocenters. The molecule has 0 saturated heterocycles. The standard InChI is InChI=1S/C10H13ClS/c1-3-12-10-5-4-9(7-11)6-8(10)2/h4-6H,3,7H2,1-2H3. The molecule has 0 aliphatic rings. The number of rotatable bonds is 3. The Hall–Kier alpha value is -0.140. The summed E-state index contributed by atoms with van der Waals surface area (Å²) >= 11 is 7.60. The molecule has 1 rings (SSSR count). The van der Waals surface area contributed by atoms with Crippen molar-refractivity contribution in [1.29, 1.82) is 0 Å². The summed E-state index contributed by atoms with van der Waals surface area (Å²) in [6.07, 6.45) is 0. The molecule has 0 aliphatic heterocycles. The van der Waals surface area contributed by atoms with Crippen LogP contribution in [0.5, 0.6) is 0 Å². The van der Waals surface area contributed by atoms with Crippen LogP contribution in [0.15, 0.2) is 23.1 Å². The third-order valence-corrected chi connectivity index (χ3v) is 3.06. The summed E-state index contributed by atoms with van der Waals surface area (Å²) in [6, 6.07) is 6.41. The third-order valence-electron chi connectivity index (χ3n) is 1.69. The smallest absolute Gasteiger partial charge is 0.0474 e. The Bertz CT molecular complexity index is 258. The minimum Gasteiger partial charge on any atom is -0.126 e. The Balaban J connectivity index is 2.87. The van der Waals surface area contributed by atoms with E-state index in [9.17, 15) is 0 Å². The van der Waals surface area contributed by atoms with Crippen molar-refractivity contribution in [2.75, 3.05) is 5.75 Å². The van der Waals surface area contributed by atoms with Crippen molar-refractivity contribution in [3.8, 4) is 0 Å². The number of benzene rings is 1. The lowest BCUT2D eigenvalue weighted by molar-refractivity contribution is 1.24. The molecule has 2 heteroatoms. The van der Waals surface area contributed by atoms with Crippen LogP contribution in [0, 0.1) is 6.92 Å². The SMILES string of the molecule is CCSc1ccc(CCl)cc1C. The highest BCUT2D eigenvalue weighted by atomic mass is 35.5. The maximum absolute atomic E-state index is 5.72. The van der Waals surface area contributed by atoms with Crippen LogP contribution in [0.3, 0.4) is 0 Å². The molecule has 0 bridgehead atoms. The van der Waals surface area contributed by atoms with E-state index in [1.807, 2.05) is 11.8 Å². The van der Waals surface area contributed by atoms with E-state index >= 15 is 0 Å². The summed E-state index contributed by atoms with van der Waals surface area (Å²) in [6.45, 7) is 4.30. The van der Waals surface area contributed by atoms with Gasteiger partial charge in [0.15, 0.2) is 0 Å². The van der Waals surface area contributed by atoms with Crippen LogP contribution in [-0.4, -0.2) is 5.75 Å². The zero-order chi connectivity index (χ0) is 8.97. The summed E-state index contributed by atoms with van der Waals surface area (Å²) in [5, 5.41) is 0. The van der Waals surface area contributed by atoms with Crippen LogP contribution < -0.4 is 0 Å². The van der Waals surface area contributed by atoms with Crippen molar-refractivity contribution >= 4 is 23.4 Å². The first kappa shape index (κ1) is 9.94. The van der Waals surface area contributed by atoms with Gasteiger partial charge in [0.2, 0.25) is 0 Å². The number of hydrogen-bond donors (Lipinski definition) is 0. The third kappa shape index (κ3) is 2.43. The first-order chi connectivity index (χ1) is 5.77. The van der Waals surface area contributed by atoms with E-state index in [1.165, 1.54) is 16.0 Å². The molecule has 0 aromatic heterocycles. The largest absolute Gasteiger partial charge is 0.126 e. The number of aryl methyl sites for hydroxylation is 1. The van der Waals surface area contributed by atoms with E-state index in [2.05, 4.69) is 32.0 Å². The lowest BCUT2D eigenvalue weighted by atomic mass is 10.2. The van der Waals surface area contributed by atoms with Crippen LogP contribution in [0.4, 0.5) is 0 Å². The van der Waals surface area contributed by atoms with E-state index in [1.54, 1.807) is 0 Å². The summed E-state index contributed by atoms with van der Waals surface area (Å²) < 4.78 is 0. The van der Waals surface area contributed by atoms with Crippen molar-refractivity contribution in [1.82, 2.24) is 0 Å². The van der Waals surface area contributed by atoms with E-state index in [-0.39, 0.29) is 0 Å². The van der Waals surface area contributed by atoms with Crippen LogP contribution in [0.2, 0.25) is 0 Å². The van der Waals surface area contributed by atoms with Gasteiger partial charge in [-0.05, 0) is 29.9 Å². The van der Waals surface area contributed by atoms with Gasteiger partial charge in [-0.1, -0.05) is 19.1 Å². The minimum atomic E-state index is 0.609. The number of hydrogen-bond acceptors (Lipinski definition) is 1.